The molecule has 3 rings (SSSR count). The Balaban J connectivity index is 2.28. The number of alkyl halides is 3. The lowest BCUT2D eigenvalue weighted by Gasteiger charge is -2.12. The smallest absolute Gasteiger partial charge is 0.383 e. The van der Waals surface area contributed by atoms with Crippen LogP contribution in [0.3, 0.4) is 0 Å². The standard InChI is InChI=1S/C15H9ClF3N3/c16-8-5-6-10-12(7-8)21-14(22-13(10)20)9-3-1-2-4-11(9)15(17,18)19/h1-7H,(H2,20,21,22). The van der Waals surface area contributed by atoms with Crippen molar-refractivity contribution < 1.29 is 13.2 Å². The summed E-state index contributed by atoms with van der Waals surface area (Å²) in [6.45, 7) is 0. The van der Waals surface area contributed by atoms with E-state index in [0.717, 1.165) is 6.07 Å². The fraction of sp³-hybridized carbons (Fsp3) is 0.0667. The van der Waals surface area contributed by atoms with E-state index in [1.54, 1.807) is 12.1 Å². The van der Waals surface area contributed by atoms with Crippen molar-refractivity contribution in [2.75, 3.05) is 5.73 Å². The first-order valence-corrected chi connectivity index (χ1v) is 6.63. The molecule has 22 heavy (non-hydrogen) atoms. The Hall–Kier alpha value is -2.34. The lowest BCUT2D eigenvalue weighted by molar-refractivity contribution is -0.137. The van der Waals surface area contributed by atoms with Gasteiger partial charge in [-0.3, -0.25) is 0 Å². The van der Waals surface area contributed by atoms with E-state index in [1.165, 1.54) is 24.3 Å². The number of aromatic nitrogens is 2. The van der Waals surface area contributed by atoms with Crippen LogP contribution in [0.15, 0.2) is 42.5 Å². The second-order valence-electron chi connectivity index (χ2n) is 4.64. The summed E-state index contributed by atoms with van der Waals surface area (Å²) in [4.78, 5) is 8.16. The Morgan fingerprint density at radius 2 is 1.73 bits per heavy atom. The van der Waals surface area contributed by atoms with Crippen molar-refractivity contribution >= 4 is 28.3 Å². The molecule has 3 nitrogen and oxygen atoms in total. The molecule has 1 aromatic heterocycles. The molecule has 0 spiro atoms. The van der Waals surface area contributed by atoms with Crippen LogP contribution in [-0.4, -0.2) is 9.97 Å². The zero-order valence-electron chi connectivity index (χ0n) is 11.0. The number of anilines is 1. The Morgan fingerprint density at radius 3 is 2.45 bits per heavy atom. The summed E-state index contributed by atoms with van der Waals surface area (Å²) < 4.78 is 39.3. The fourth-order valence-electron chi connectivity index (χ4n) is 2.17. The molecule has 112 valence electrons. The molecule has 0 bridgehead atoms. The van der Waals surface area contributed by atoms with Gasteiger partial charge in [0.25, 0.3) is 0 Å². The number of rotatable bonds is 1. The molecule has 0 atom stereocenters. The van der Waals surface area contributed by atoms with Crippen molar-refractivity contribution in [3.63, 3.8) is 0 Å². The number of benzene rings is 2. The van der Waals surface area contributed by atoms with Crippen molar-refractivity contribution in [2.24, 2.45) is 0 Å². The van der Waals surface area contributed by atoms with Gasteiger partial charge in [-0.15, -0.1) is 0 Å². The number of halogens is 4. The molecule has 0 saturated carbocycles. The fourth-order valence-corrected chi connectivity index (χ4v) is 2.34. The highest BCUT2D eigenvalue weighted by Gasteiger charge is 2.34. The van der Waals surface area contributed by atoms with Crippen LogP contribution in [0.1, 0.15) is 5.56 Å². The molecule has 0 saturated heterocycles. The van der Waals surface area contributed by atoms with Crippen LogP contribution in [0.5, 0.6) is 0 Å². The molecule has 0 amide bonds. The van der Waals surface area contributed by atoms with E-state index in [9.17, 15) is 13.2 Å². The highest BCUT2D eigenvalue weighted by Crippen LogP contribution is 2.36. The zero-order chi connectivity index (χ0) is 15.9. The van der Waals surface area contributed by atoms with Crippen LogP contribution < -0.4 is 5.73 Å². The number of nitrogen functional groups attached to an aromatic ring is 1. The zero-order valence-corrected chi connectivity index (χ0v) is 11.8. The maximum absolute atomic E-state index is 13.1. The third kappa shape index (κ3) is 2.57. The summed E-state index contributed by atoms with van der Waals surface area (Å²) in [5, 5.41) is 0.957. The number of hydrogen-bond donors (Lipinski definition) is 1. The summed E-state index contributed by atoms with van der Waals surface area (Å²) in [7, 11) is 0. The minimum atomic E-state index is -4.50. The van der Waals surface area contributed by atoms with Gasteiger partial charge in [0.1, 0.15) is 5.82 Å². The first-order chi connectivity index (χ1) is 10.4. The summed E-state index contributed by atoms with van der Waals surface area (Å²) in [5.74, 6) is 0.0221. The van der Waals surface area contributed by atoms with Crippen LogP contribution in [0, 0.1) is 0 Å². The van der Waals surface area contributed by atoms with Gasteiger partial charge in [0.15, 0.2) is 5.82 Å². The van der Waals surface area contributed by atoms with Crippen LogP contribution in [-0.2, 0) is 6.18 Å². The van der Waals surface area contributed by atoms with Crippen molar-refractivity contribution in [3.05, 3.63) is 53.1 Å². The third-order valence-electron chi connectivity index (χ3n) is 3.16. The molecule has 0 aliphatic heterocycles. The average Bonchev–Trinajstić information content (AvgIpc) is 2.45. The normalized spacial score (nSPS) is 11.8. The van der Waals surface area contributed by atoms with E-state index in [1.807, 2.05) is 0 Å². The van der Waals surface area contributed by atoms with Gasteiger partial charge in [-0.1, -0.05) is 29.8 Å². The Morgan fingerprint density at radius 1 is 1.00 bits per heavy atom. The molecule has 3 aromatic rings. The largest absolute Gasteiger partial charge is 0.417 e. The van der Waals surface area contributed by atoms with E-state index in [2.05, 4.69) is 9.97 Å². The van der Waals surface area contributed by atoms with Gasteiger partial charge in [-0.05, 0) is 24.3 Å². The number of fused-ring (bicyclic) bond motifs is 1. The second kappa shape index (κ2) is 5.14. The molecule has 1 heterocycles. The van der Waals surface area contributed by atoms with E-state index < -0.39 is 11.7 Å². The highest BCUT2D eigenvalue weighted by molar-refractivity contribution is 6.31. The lowest BCUT2D eigenvalue weighted by atomic mass is 10.1. The first-order valence-electron chi connectivity index (χ1n) is 6.25. The van der Waals surface area contributed by atoms with Crippen molar-refractivity contribution in [2.45, 2.75) is 6.18 Å². The lowest BCUT2D eigenvalue weighted by Crippen LogP contribution is -2.08. The maximum atomic E-state index is 13.1. The highest BCUT2D eigenvalue weighted by atomic mass is 35.5. The van der Waals surface area contributed by atoms with E-state index in [4.69, 9.17) is 17.3 Å². The molecule has 0 fully saturated rings. The molecule has 0 unspecified atom stereocenters. The van der Waals surface area contributed by atoms with Crippen molar-refractivity contribution in [1.29, 1.82) is 0 Å². The van der Waals surface area contributed by atoms with Crippen molar-refractivity contribution in [3.8, 4) is 11.4 Å². The maximum Gasteiger partial charge on any atom is 0.417 e. The van der Waals surface area contributed by atoms with Gasteiger partial charge < -0.3 is 5.73 Å². The Labute approximate surface area is 128 Å². The molecular formula is C15H9ClF3N3. The number of hydrogen-bond acceptors (Lipinski definition) is 3. The van der Waals surface area contributed by atoms with Crippen molar-refractivity contribution in [1.82, 2.24) is 9.97 Å². The summed E-state index contributed by atoms with van der Waals surface area (Å²) in [5.41, 5.74) is 5.29. The van der Waals surface area contributed by atoms with E-state index in [-0.39, 0.29) is 17.2 Å². The molecule has 0 radical (unpaired) electrons. The molecule has 0 aliphatic carbocycles. The number of nitrogens with zero attached hydrogens (tertiary/aromatic N) is 2. The summed E-state index contributed by atoms with van der Waals surface area (Å²) >= 11 is 5.89. The van der Waals surface area contributed by atoms with Gasteiger partial charge in [0.2, 0.25) is 0 Å². The van der Waals surface area contributed by atoms with Gasteiger partial charge in [0, 0.05) is 16.0 Å². The van der Waals surface area contributed by atoms with E-state index >= 15 is 0 Å². The topological polar surface area (TPSA) is 51.8 Å². The summed E-state index contributed by atoms with van der Waals surface area (Å²) in [6, 6.07) is 9.89. The Bertz CT molecular complexity index is 862. The SMILES string of the molecule is Nc1nc(-c2ccccc2C(F)(F)F)nc2cc(Cl)ccc12. The third-order valence-corrected chi connectivity index (χ3v) is 3.40. The summed E-state index contributed by atoms with van der Waals surface area (Å²) in [6.07, 6.45) is -4.50. The molecule has 2 N–H and O–H groups in total. The number of nitrogens with two attached hydrogens (primary N) is 1. The first kappa shape index (κ1) is 14.6. The van der Waals surface area contributed by atoms with Crippen LogP contribution in [0.2, 0.25) is 5.02 Å². The molecular weight excluding hydrogens is 315 g/mol. The van der Waals surface area contributed by atoms with Gasteiger partial charge in [0.05, 0.1) is 11.1 Å². The Kier molecular flexibility index (Phi) is 3.41. The van der Waals surface area contributed by atoms with Gasteiger partial charge >= 0.3 is 6.18 Å². The monoisotopic (exact) mass is 323 g/mol. The average molecular weight is 324 g/mol. The minimum absolute atomic E-state index is 0.0832. The predicted molar refractivity (Wildman–Crippen MR) is 79.4 cm³/mol. The van der Waals surface area contributed by atoms with Gasteiger partial charge in [-0.25, -0.2) is 9.97 Å². The minimum Gasteiger partial charge on any atom is -0.383 e. The van der Waals surface area contributed by atoms with Crippen LogP contribution in [0.4, 0.5) is 19.0 Å². The molecule has 0 aliphatic rings. The molecule has 7 heteroatoms. The van der Waals surface area contributed by atoms with Crippen LogP contribution >= 0.6 is 11.6 Å². The second-order valence-corrected chi connectivity index (χ2v) is 5.07. The predicted octanol–water partition coefficient (Wildman–Crippen LogP) is 4.55. The van der Waals surface area contributed by atoms with Crippen LogP contribution in [0.25, 0.3) is 22.3 Å². The van der Waals surface area contributed by atoms with Gasteiger partial charge in [-0.2, -0.15) is 13.2 Å². The quantitative estimate of drug-likeness (QED) is 0.714. The van der Waals surface area contributed by atoms with E-state index in [0.29, 0.717) is 15.9 Å². The molecule has 2 aromatic carbocycles.